The molecule has 0 bridgehead atoms. The summed E-state index contributed by atoms with van der Waals surface area (Å²) in [5.41, 5.74) is 0. The third-order valence-electron chi connectivity index (χ3n) is 1.54. The van der Waals surface area contributed by atoms with Crippen molar-refractivity contribution in [1.82, 2.24) is 5.32 Å². The number of rotatable bonds is 0. The SMILES string of the molecule is CC.C[C@H]1CCCNC1.Cl. The van der Waals surface area contributed by atoms with Gasteiger partial charge in [0, 0.05) is 0 Å². The molecule has 1 heterocycles. The molecule has 1 nitrogen and oxygen atoms in total. The van der Waals surface area contributed by atoms with E-state index in [1.54, 1.807) is 0 Å². The highest BCUT2D eigenvalue weighted by molar-refractivity contribution is 5.85. The lowest BCUT2D eigenvalue weighted by molar-refractivity contribution is 0.405. The first-order chi connectivity index (χ1) is 4.39. The minimum atomic E-state index is 0. The van der Waals surface area contributed by atoms with E-state index in [-0.39, 0.29) is 12.4 Å². The lowest BCUT2D eigenvalue weighted by Crippen LogP contribution is -2.27. The summed E-state index contributed by atoms with van der Waals surface area (Å²) in [6, 6.07) is 0. The van der Waals surface area contributed by atoms with Crippen LogP contribution in [0.4, 0.5) is 0 Å². The molecule has 1 aliphatic heterocycles. The van der Waals surface area contributed by atoms with E-state index >= 15 is 0 Å². The Morgan fingerprint density at radius 2 is 1.90 bits per heavy atom. The molecule has 0 spiro atoms. The maximum atomic E-state index is 3.33. The van der Waals surface area contributed by atoms with Gasteiger partial charge >= 0.3 is 0 Å². The van der Waals surface area contributed by atoms with Crippen LogP contribution >= 0.6 is 12.4 Å². The molecule has 64 valence electrons. The van der Waals surface area contributed by atoms with Gasteiger partial charge in [-0.15, -0.1) is 12.4 Å². The summed E-state index contributed by atoms with van der Waals surface area (Å²) in [7, 11) is 0. The number of nitrogens with one attached hydrogen (secondary N) is 1. The highest BCUT2D eigenvalue weighted by Gasteiger charge is 2.04. The van der Waals surface area contributed by atoms with Crippen molar-refractivity contribution in [3.8, 4) is 0 Å². The van der Waals surface area contributed by atoms with Crippen LogP contribution in [0, 0.1) is 5.92 Å². The van der Waals surface area contributed by atoms with Crippen molar-refractivity contribution in [3.05, 3.63) is 0 Å². The van der Waals surface area contributed by atoms with Gasteiger partial charge in [0.25, 0.3) is 0 Å². The van der Waals surface area contributed by atoms with Crippen molar-refractivity contribution in [3.63, 3.8) is 0 Å². The van der Waals surface area contributed by atoms with Crippen LogP contribution in [0.25, 0.3) is 0 Å². The minimum absolute atomic E-state index is 0. The van der Waals surface area contributed by atoms with Crippen molar-refractivity contribution in [2.75, 3.05) is 13.1 Å². The summed E-state index contributed by atoms with van der Waals surface area (Å²) >= 11 is 0. The van der Waals surface area contributed by atoms with Gasteiger partial charge in [0.15, 0.2) is 0 Å². The van der Waals surface area contributed by atoms with Gasteiger partial charge < -0.3 is 5.32 Å². The highest BCUT2D eigenvalue weighted by atomic mass is 35.5. The molecular formula is C8H20ClN. The Hall–Kier alpha value is 0.250. The monoisotopic (exact) mass is 165 g/mol. The second-order valence-corrected chi connectivity index (χ2v) is 2.45. The molecule has 1 aliphatic rings. The Morgan fingerprint density at radius 1 is 1.30 bits per heavy atom. The Balaban J connectivity index is 0. The molecule has 0 saturated carbocycles. The van der Waals surface area contributed by atoms with Gasteiger partial charge in [0.2, 0.25) is 0 Å². The molecule has 0 amide bonds. The molecule has 1 fully saturated rings. The van der Waals surface area contributed by atoms with E-state index in [2.05, 4.69) is 12.2 Å². The summed E-state index contributed by atoms with van der Waals surface area (Å²) in [5, 5.41) is 3.33. The molecule has 1 atom stereocenters. The van der Waals surface area contributed by atoms with Gasteiger partial charge in [-0.2, -0.15) is 0 Å². The predicted molar refractivity (Wildman–Crippen MR) is 49.9 cm³/mol. The number of hydrogen-bond donors (Lipinski definition) is 1. The molecule has 1 N–H and O–H groups in total. The summed E-state index contributed by atoms with van der Waals surface area (Å²) < 4.78 is 0. The van der Waals surface area contributed by atoms with E-state index in [4.69, 9.17) is 0 Å². The van der Waals surface area contributed by atoms with E-state index in [1.807, 2.05) is 13.8 Å². The van der Waals surface area contributed by atoms with Crippen molar-refractivity contribution in [2.24, 2.45) is 5.92 Å². The van der Waals surface area contributed by atoms with Crippen LogP contribution in [-0.4, -0.2) is 13.1 Å². The highest BCUT2D eigenvalue weighted by Crippen LogP contribution is 2.06. The average molecular weight is 166 g/mol. The normalized spacial score (nSPS) is 23.7. The zero-order chi connectivity index (χ0) is 7.11. The fourth-order valence-electron chi connectivity index (χ4n) is 1.03. The van der Waals surface area contributed by atoms with Gasteiger partial charge in [0.1, 0.15) is 0 Å². The van der Waals surface area contributed by atoms with Crippen molar-refractivity contribution in [1.29, 1.82) is 0 Å². The Bertz CT molecular complexity index is 51.2. The molecular weight excluding hydrogens is 146 g/mol. The van der Waals surface area contributed by atoms with Crippen molar-refractivity contribution in [2.45, 2.75) is 33.6 Å². The number of piperidine rings is 1. The van der Waals surface area contributed by atoms with Crippen molar-refractivity contribution >= 4 is 12.4 Å². The third-order valence-corrected chi connectivity index (χ3v) is 1.54. The lowest BCUT2D eigenvalue weighted by atomic mass is 10.0. The Labute approximate surface area is 71.0 Å². The Morgan fingerprint density at radius 3 is 2.10 bits per heavy atom. The second kappa shape index (κ2) is 9.25. The van der Waals surface area contributed by atoms with Gasteiger partial charge in [-0.3, -0.25) is 0 Å². The van der Waals surface area contributed by atoms with Gasteiger partial charge in [-0.25, -0.2) is 0 Å². The quantitative estimate of drug-likeness (QED) is 0.582. The molecule has 0 aromatic carbocycles. The van der Waals surface area contributed by atoms with Crippen molar-refractivity contribution < 1.29 is 0 Å². The summed E-state index contributed by atoms with van der Waals surface area (Å²) in [4.78, 5) is 0. The summed E-state index contributed by atoms with van der Waals surface area (Å²) in [6.07, 6.45) is 2.80. The van der Waals surface area contributed by atoms with Crippen LogP contribution in [0.3, 0.4) is 0 Å². The zero-order valence-electron chi connectivity index (χ0n) is 7.31. The molecule has 0 unspecified atom stereocenters. The summed E-state index contributed by atoms with van der Waals surface area (Å²) in [6.45, 7) is 8.77. The lowest BCUT2D eigenvalue weighted by Gasteiger charge is -2.17. The first kappa shape index (κ1) is 12.9. The van der Waals surface area contributed by atoms with Crippen LogP contribution in [0.15, 0.2) is 0 Å². The number of halogens is 1. The molecule has 0 aromatic heterocycles. The van der Waals surface area contributed by atoms with Gasteiger partial charge in [0.05, 0.1) is 0 Å². The topological polar surface area (TPSA) is 12.0 Å². The summed E-state index contributed by atoms with van der Waals surface area (Å²) in [5.74, 6) is 0.925. The van der Waals surface area contributed by atoms with E-state index in [0.29, 0.717) is 0 Å². The molecule has 0 aromatic rings. The van der Waals surface area contributed by atoms with Crippen LogP contribution in [0.1, 0.15) is 33.6 Å². The maximum Gasteiger partial charge on any atom is -0.00231 e. The van der Waals surface area contributed by atoms with Crippen LogP contribution in [0.5, 0.6) is 0 Å². The van der Waals surface area contributed by atoms with Gasteiger partial charge in [-0.1, -0.05) is 20.8 Å². The largest absolute Gasteiger partial charge is 0.316 e. The second-order valence-electron chi connectivity index (χ2n) is 2.45. The first-order valence-corrected chi connectivity index (χ1v) is 4.10. The molecule has 1 rings (SSSR count). The van der Waals surface area contributed by atoms with E-state index < -0.39 is 0 Å². The first-order valence-electron chi connectivity index (χ1n) is 4.10. The minimum Gasteiger partial charge on any atom is -0.316 e. The molecule has 0 aliphatic carbocycles. The Kier molecular flexibility index (Phi) is 11.9. The average Bonchev–Trinajstić information content (AvgIpc) is 1.94. The zero-order valence-corrected chi connectivity index (χ0v) is 8.13. The predicted octanol–water partition coefficient (Wildman–Crippen LogP) is 2.45. The van der Waals surface area contributed by atoms with E-state index in [0.717, 1.165) is 5.92 Å². The fraction of sp³-hybridized carbons (Fsp3) is 1.00. The smallest absolute Gasteiger partial charge is 0.00231 e. The molecule has 2 heteroatoms. The number of hydrogen-bond acceptors (Lipinski definition) is 1. The maximum absolute atomic E-state index is 3.33. The fourth-order valence-corrected chi connectivity index (χ4v) is 1.03. The standard InChI is InChI=1S/C6H13N.C2H6.ClH/c1-6-3-2-4-7-5-6;1-2;/h6-7H,2-5H2,1H3;1-2H3;1H/t6-;;/m0../s1. The van der Waals surface area contributed by atoms with E-state index in [9.17, 15) is 0 Å². The molecule has 1 saturated heterocycles. The van der Waals surface area contributed by atoms with Crippen LogP contribution < -0.4 is 5.32 Å². The third kappa shape index (κ3) is 6.37. The molecule has 0 radical (unpaired) electrons. The van der Waals surface area contributed by atoms with Crippen LogP contribution in [-0.2, 0) is 0 Å². The van der Waals surface area contributed by atoms with Gasteiger partial charge in [-0.05, 0) is 31.8 Å². The van der Waals surface area contributed by atoms with E-state index in [1.165, 1.54) is 25.9 Å². The van der Waals surface area contributed by atoms with Crippen LogP contribution in [0.2, 0.25) is 0 Å². The molecule has 10 heavy (non-hydrogen) atoms.